The molecule has 0 aromatic rings. The Morgan fingerprint density at radius 3 is 1.67 bits per heavy atom. The first kappa shape index (κ1) is 15.1. The molecule has 8 heteroatoms. The predicted octanol–water partition coefficient (Wildman–Crippen LogP) is 1.01. The van der Waals surface area contributed by atoms with Crippen LogP contribution in [0.5, 0.6) is 0 Å². The molecule has 0 saturated heterocycles. The lowest BCUT2D eigenvalue weighted by Gasteiger charge is -2.22. The van der Waals surface area contributed by atoms with Crippen LogP contribution < -0.4 is 11.5 Å². The molecule has 2 aliphatic carbocycles. The SMILES string of the molecule is NC1([N+](=O)[O-])C=C(CC2=CC(N)([N+](=O)[O-])CC=C2)C=CC1. The highest BCUT2D eigenvalue weighted by Gasteiger charge is 2.38. The maximum atomic E-state index is 11.0. The molecular weight excluding hydrogens is 276 g/mol. The molecule has 0 heterocycles. The summed E-state index contributed by atoms with van der Waals surface area (Å²) in [5.41, 5.74) is 9.45. The Hall–Kier alpha value is -2.32. The minimum absolute atomic E-state index is 0.119. The summed E-state index contributed by atoms with van der Waals surface area (Å²) in [5, 5.41) is 21.9. The van der Waals surface area contributed by atoms with Gasteiger partial charge in [0.2, 0.25) is 0 Å². The maximum Gasteiger partial charge on any atom is 0.295 e. The van der Waals surface area contributed by atoms with Crippen molar-refractivity contribution >= 4 is 0 Å². The van der Waals surface area contributed by atoms with Crippen molar-refractivity contribution in [1.82, 2.24) is 0 Å². The zero-order valence-corrected chi connectivity index (χ0v) is 11.3. The Bertz CT molecular complexity index is 555. The van der Waals surface area contributed by atoms with E-state index in [1.807, 2.05) is 0 Å². The molecule has 112 valence electrons. The van der Waals surface area contributed by atoms with Crippen LogP contribution in [0.15, 0.2) is 47.6 Å². The van der Waals surface area contributed by atoms with Crippen LogP contribution in [-0.2, 0) is 0 Å². The van der Waals surface area contributed by atoms with Gasteiger partial charge in [-0.25, -0.2) is 0 Å². The standard InChI is InChI=1S/C13H16N4O4/c14-12(16(18)19)5-1-3-10(8-12)7-11-4-2-6-13(15,9-11)17(20)21/h1-4,8-9H,5-7,14-15H2. The molecule has 21 heavy (non-hydrogen) atoms. The molecule has 2 aliphatic rings. The van der Waals surface area contributed by atoms with Crippen LogP contribution in [0.3, 0.4) is 0 Å². The first-order valence-corrected chi connectivity index (χ1v) is 6.38. The number of hydrogen-bond donors (Lipinski definition) is 2. The van der Waals surface area contributed by atoms with Gasteiger partial charge in [0.25, 0.3) is 11.3 Å². The Labute approximate surface area is 120 Å². The van der Waals surface area contributed by atoms with E-state index in [1.165, 1.54) is 12.2 Å². The third kappa shape index (κ3) is 3.06. The van der Waals surface area contributed by atoms with Gasteiger partial charge in [-0.2, -0.15) is 0 Å². The van der Waals surface area contributed by atoms with Gasteiger partial charge in [0, 0.05) is 22.0 Å². The van der Waals surface area contributed by atoms with Gasteiger partial charge < -0.3 is 0 Å². The predicted molar refractivity (Wildman–Crippen MR) is 76.1 cm³/mol. The summed E-state index contributed by atoms with van der Waals surface area (Å²) in [4.78, 5) is 20.9. The first-order chi connectivity index (χ1) is 9.75. The van der Waals surface area contributed by atoms with Gasteiger partial charge in [-0.3, -0.25) is 31.7 Å². The van der Waals surface area contributed by atoms with E-state index in [4.69, 9.17) is 11.5 Å². The van der Waals surface area contributed by atoms with Crippen LogP contribution >= 0.6 is 0 Å². The molecule has 0 radical (unpaired) electrons. The van der Waals surface area contributed by atoms with E-state index in [0.717, 1.165) is 0 Å². The van der Waals surface area contributed by atoms with Crippen molar-refractivity contribution in [2.75, 3.05) is 0 Å². The van der Waals surface area contributed by atoms with E-state index in [9.17, 15) is 20.2 Å². The summed E-state index contributed by atoms with van der Waals surface area (Å²) in [6.45, 7) is 0. The molecule has 4 N–H and O–H groups in total. The minimum atomic E-state index is -1.62. The van der Waals surface area contributed by atoms with Gasteiger partial charge in [0.15, 0.2) is 0 Å². The van der Waals surface area contributed by atoms with Crippen molar-refractivity contribution in [3.63, 3.8) is 0 Å². The van der Waals surface area contributed by atoms with Crippen LogP contribution in [-0.4, -0.2) is 21.2 Å². The van der Waals surface area contributed by atoms with Crippen molar-refractivity contribution in [2.45, 2.75) is 30.6 Å². The van der Waals surface area contributed by atoms with Gasteiger partial charge in [-0.05, 0) is 17.6 Å². The fourth-order valence-corrected chi connectivity index (χ4v) is 2.36. The van der Waals surface area contributed by atoms with Crippen molar-refractivity contribution in [2.24, 2.45) is 11.5 Å². The Kier molecular flexibility index (Phi) is 3.75. The fraction of sp³-hybridized carbons (Fsp3) is 0.385. The molecule has 2 atom stereocenters. The Morgan fingerprint density at radius 1 is 0.952 bits per heavy atom. The van der Waals surface area contributed by atoms with Crippen LogP contribution in [0.1, 0.15) is 19.3 Å². The number of hydrogen-bond acceptors (Lipinski definition) is 6. The van der Waals surface area contributed by atoms with Crippen LogP contribution in [0.4, 0.5) is 0 Å². The first-order valence-electron chi connectivity index (χ1n) is 6.38. The van der Waals surface area contributed by atoms with E-state index < -0.39 is 21.2 Å². The summed E-state index contributed by atoms with van der Waals surface area (Å²) in [5.74, 6) is 0. The van der Waals surface area contributed by atoms with Crippen LogP contribution in [0.25, 0.3) is 0 Å². The zero-order valence-electron chi connectivity index (χ0n) is 11.3. The van der Waals surface area contributed by atoms with Gasteiger partial charge >= 0.3 is 0 Å². The second-order valence-corrected chi connectivity index (χ2v) is 5.32. The molecule has 0 aromatic heterocycles. The molecule has 0 spiro atoms. The summed E-state index contributed by atoms with van der Waals surface area (Å²) in [6, 6.07) is 0. The zero-order chi connectivity index (χ0) is 15.7. The topological polar surface area (TPSA) is 138 Å². The average molecular weight is 292 g/mol. The van der Waals surface area contributed by atoms with E-state index in [-0.39, 0.29) is 12.8 Å². The van der Waals surface area contributed by atoms with Gasteiger partial charge in [-0.1, -0.05) is 24.3 Å². The quantitative estimate of drug-likeness (QED) is 0.450. The summed E-state index contributed by atoms with van der Waals surface area (Å²) < 4.78 is 0. The van der Waals surface area contributed by atoms with Gasteiger partial charge in [0.1, 0.15) is 0 Å². The van der Waals surface area contributed by atoms with E-state index in [2.05, 4.69) is 0 Å². The number of allylic oxidation sites excluding steroid dienone is 4. The largest absolute Gasteiger partial charge is 0.295 e. The van der Waals surface area contributed by atoms with E-state index in [0.29, 0.717) is 17.6 Å². The van der Waals surface area contributed by atoms with Crippen molar-refractivity contribution in [1.29, 1.82) is 0 Å². The van der Waals surface area contributed by atoms with E-state index in [1.54, 1.807) is 24.3 Å². The maximum absolute atomic E-state index is 11.0. The molecule has 8 nitrogen and oxygen atoms in total. The smallest absolute Gasteiger partial charge is 0.262 e. The Balaban J connectivity index is 2.22. The number of nitro groups is 2. The Morgan fingerprint density at radius 2 is 1.33 bits per heavy atom. The summed E-state index contributed by atoms with van der Waals surface area (Å²) in [6.07, 6.45) is 10.1. The highest BCUT2D eigenvalue weighted by atomic mass is 16.6. The number of nitrogens with zero attached hydrogens (tertiary/aromatic N) is 2. The molecule has 0 saturated carbocycles. The molecule has 0 bridgehead atoms. The normalized spacial score (nSPS) is 31.5. The lowest BCUT2D eigenvalue weighted by molar-refractivity contribution is -0.553. The number of rotatable bonds is 4. The van der Waals surface area contributed by atoms with E-state index >= 15 is 0 Å². The molecule has 0 aliphatic heterocycles. The molecular formula is C13H16N4O4. The van der Waals surface area contributed by atoms with Crippen LogP contribution in [0.2, 0.25) is 0 Å². The molecule has 2 unspecified atom stereocenters. The second-order valence-electron chi connectivity index (χ2n) is 5.32. The average Bonchev–Trinajstić information content (AvgIpc) is 2.38. The second kappa shape index (κ2) is 5.23. The lowest BCUT2D eigenvalue weighted by Crippen LogP contribution is -2.47. The highest BCUT2D eigenvalue weighted by Crippen LogP contribution is 2.28. The molecule has 2 rings (SSSR count). The summed E-state index contributed by atoms with van der Waals surface area (Å²) >= 11 is 0. The van der Waals surface area contributed by atoms with Gasteiger partial charge in [-0.15, -0.1) is 0 Å². The molecule has 0 fully saturated rings. The molecule has 0 aromatic carbocycles. The van der Waals surface area contributed by atoms with Gasteiger partial charge in [0.05, 0.1) is 12.8 Å². The van der Waals surface area contributed by atoms with Crippen molar-refractivity contribution < 1.29 is 9.85 Å². The minimum Gasteiger partial charge on any atom is -0.262 e. The third-order valence-corrected chi connectivity index (χ3v) is 3.51. The molecule has 0 amide bonds. The third-order valence-electron chi connectivity index (χ3n) is 3.51. The highest BCUT2D eigenvalue weighted by molar-refractivity contribution is 5.37. The van der Waals surface area contributed by atoms with Crippen LogP contribution in [0, 0.1) is 20.2 Å². The lowest BCUT2D eigenvalue weighted by atomic mass is 9.89. The summed E-state index contributed by atoms with van der Waals surface area (Å²) in [7, 11) is 0. The van der Waals surface area contributed by atoms with Crippen molar-refractivity contribution in [3.05, 3.63) is 67.8 Å². The number of nitrogens with two attached hydrogens (primary N) is 2. The monoisotopic (exact) mass is 292 g/mol. The van der Waals surface area contributed by atoms with Crippen molar-refractivity contribution in [3.8, 4) is 0 Å². The fourth-order valence-electron chi connectivity index (χ4n) is 2.36.